The van der Waals surface area contributed by atoms with Crippen molar-refractivity contribution in [2.24, 2.45) is 0 Å². The lowest BCUT2D eigenvalue weighted by atomic mass is 10.2. The number of aliphatic hydroxyl groups is 2. The first-order valence-electron chi connectivity index (χ1n) is 2.45. The molecule has 2 atom stereocenters. The van der Waals surface area contributed by atoms with Crippen LogP contribution in [0.15, 0.2) is 0 Å². The second-order valence-corrected chi connectivity index (χ2v) is 1.53. The highest BCUT2D eigenvalue weighted by Crippen LogP contribution is 1.91. The maximum Gasteiger partial charge on any atom is 0.337 e. The molecule has 5 nitrogen and oxygen atoms in total. The molecular weight excluding hydrogens is 140 g/mol. The Morgan fingerprint density at radius 3 is 2.40 bits per heavy atom. The largest absolute Gasteiger partial charge is 0.467 e. The number of aliphatic hydroxyl groups excluding tert-OH is 2. The van der Waals surface area contributed by atoms with Crippen molar-refractivity contribution < 1.29 is 24.5 Å². The normalized spacial score (nSPS) is 15.5. The molecule has 10 heavy (non-hydrogen) atoms. The fourth-order valence-electron chi connectivity index (χ4n) is 0.314. The highest BCUT2D eigenvalue weighted by atomic mass is 16.5. The number of carbonyl (C=O) groups excluding carboxylic acids is 2. The third-order valence-electron chi connectivity index (χ3n) is 0.862. The Labute approximate surface area is 57.2 Å². The van der Waals surface area contributed by atoms with Crippen molar-refractivity contribution in [3.63, 3.8) is 0 Å². The van der Waals surface area contributed by atoms with E-state index in [-0.39, 0.29) is 0 Å². The molecule has 0 aromatic rings. The molecule has 0 aromatic heterocycles. The summed E-state index contributed by atoms with van der Waals surface area (Å²) in [6, 6.07) is 0. The minimum absolute atomic E-state index is 1.03. The van der Waals surface area contributed by atoms with E-state index in [2.05, 4.69) is 4.74 Å². The van der Waals surface area contributed by atoms with Gasteiger partial charge in [-0.3, -0.25) is 4.79 Å². The van der Waals surface area contributed by atoms with Gasteiger partial charge in [0.05, 0.1) is 7.11 Å². The molecule has 0 heterocycles. The number of hydrogen-bond donors (Lipinski definition) is 2. The molecule has 0 bridgehead atoms. The van der Waals surface area contributed by atoms with E-state index in [0.717, 1.165) is 13.4 Å². The van der Waals surface area contributed by atoms with Crippen molar-refractivity contribution in [3.05, 3.63) is 0 Å². The summed E-state index contributed by atoms with van der Waals surface area (Å²) in [7, 11) is 1.03. The topological polar surface area (TPSA) is 83.8 Å². The lowest BCUT2D eigenvalue weighted by molar-refractivity contribution is -0.154. The molecule has 1 radical (unpaired) electrons. The van der Waals surface area contributed by atoms with Crippen molar-refractivity contribution in [1.29, 1.82) is 0 Å². The predicted octanol–water partition coefficient (Wildman–Crippen LogP) is -2.01. The zero-order valence-electron chi connectivity index (χ0n) is 5.27. The highest BCUT2D eigenvalue weighted by Gasteiger charge is 2.24. The summed E-state index contributed by atoms with van der Waals surface area (Å²) < 4.78 is 4.01. The molecule has 0 amide bonds. The average Bonchev–Trinajstić information content (AvgIpc) is 2.00. The van der Waals surface area contributed by atoms with Gasteiger partial charge < -0.3 is 14.9 Å². The van der Waals surface area contributed by atoms with Crippen molar-refractivity contribution in [3.8, 4) is 0 Å². The van der Waals surface area contributed by atoms with Crippen LogP contribution in [0.5, 0.6) is 0 Å². The van der Waals surface area contributed by atoms with Gasteiger partial charge in [0.25, 0.3) is 0 Å². The van der Waals surface area contributed by atoms with Crippen molar-refractivity contribution >= 4 is 12.3 Å². The molecule has 0 aromatic carbocycles. The molecule has 5 heteroatoms. The molecule has 0 rings (SSSR count). The number of rotatable bonds is 3. The van der Waals surface area contributed by atoms with Crippen LogP contribution < -0.4 is 0 Å². The zero-order valence-corrected chi connectivity index (χ0v) is 5.27. The molecule has 2 N–H and O–H groups in total. The monoisotopic (exact) mass is 147 g/mol. The minimum atomic E-state index is -1.83. The molecule has 0 fully saturated rings. The SMILES string of the molecule is COC(=O)C(O)C(O)[C]=O. The summed E-state index contributed by atoms with van der Waals surface area (Å²) in [5.74, 6) is -1.06. The summed E-state index contributed by atoms with van der Waals surface area (Å²) in [5, 5.41) is 17.1. The predicted molar refractivity (Wildman–Crippen MR) is 29.7 cm³/mol. The first-order chi connectivity index (χ1) is 4.63. The fourth-order valence-corrected chi connectivity index (χ4v) is 0.314. The molecule has 0 aliphatic carbocycles. The number of carbonyl (C=O) groups is 1. The highest BCUT2D eigenvalue weighted by molar-refractivity contribution is 5.79. The van der Waals surface area contributed by atoms with Gasteiger partial charge in [0, 0.05) is 0 Å². The van der Waals surface area contributed by atoms with Gasteiger partial charge in [0.15, 0.2) is 12.2 Å². The van der Waals surface area contributed by atoms with Crippen LogP contribution in [0.3, 0.4) is 0 Å². The van der Waals surface area contributed by atoms with Crippen molar-refractivity contribution in [2.45, 2.75) is 12.2 Å². The lowest BCUT2D eigenvalue weighted by Crippen LogP contribution is -2.35. The Morgan fingerprint density at radius 1 is 1.60 bits per heavy atom. The quantitative estimate of drug-likeness (QED) is 0.450. The summed E-state index contributed by atoms with van der Waals surface area (Å²) >= 11 is 0. The van der Waals surface area contributed by atoms with Crippen LogP contribution in [-0.2, 0) is 14.3 Å². The van der Waals surface area contributed by atoms with Crippen LogP contribution in [0.1, 0.15) is 0 Å². The summed E-state index contributed by atoms with van der Waals surface area (Å²) in [4.78, 5) is 19.9. The van der Waals surface area contributed by atoms with Crippen LogP contribution in [-0.4, -0.2) is 41.8 Å². The third kappa shape index (κ3) is 2.12. The van der Waals surface area contributed by atoms with E-state index in [0.29, 0.717) is 0 Å². The third-order valence-corrected chi connectivity index (χ3v) is 0.862. The van der Waals surface area contributed by atoms with E-state index in [9.17, 15) is 9.59 Å². The van der Waals surface area contributed by atoms with Crippen LogP contribution in [0, 0.1) is 0 Å². The Bertz CT molecular complexity index is 132. The smallest absolute Gasteiger partial charge is 0.337 e. The maximum absolute atomic E-state index is 10.3. The summed E-state index contributed by atoms with van der Waals surface area (Å²) in [6.45, 7) is 0. The summed E-state index contributed by atoms with van der Waals surface area (Å²) in [5.41, 5.74) is 0. The van der Waals surface area contributed by atoms with E-state index < -0.39 is 18.2 Å². The lowest BCUT2D eigenvalue weighted by Gasteiger charge is -2.07. The molecule has 0 saturated carbocycles. The Balaban J connectivity index is 3.93. The van der Waals surface area contributed by atoms with E-state index in [1.807, 2.05) is 0 Å². The molecule has 0 spiro atoms. The van der Waals surface area contributed by atoms with Gasteiger partial charge in [-0.05, 0) is 0 Å². The standard InChI is InChI=1S/C5H7O5/c1-10-5(9)4(8)3(7)2-6/h3-4,7-8H,1H3. The van der Waals surface area contributed by atoms with Gasteiger partial charge in [-0.25, -0.2) is 4.79 Å². The second kappa shape index (κ2) is 3.97. The van der Waals surface area contributed by atoms with E-state index in [1.165, 1.54) is 0 Å². The van der Waals surface area contributed by atoms with Crippen LogP contribution in [0.2, 0.25) is 0 Å². The first kappa shape index (κ1) is 9.06. The Morgan fingerprint density at radius 2 is 2.10 bits per heavy atom. The zero-order chi connectivity index (χ0) is 8.15. The Kier molecular flexibility index (Phi) is 3.60. The molecule has 0 saturated heterocycles. The van der Waals surface area contributed by atoms with Gasteiger partial charge in [0.2, 0.25) is 6.29 Å². The van der Waals surface area contributed by atoms with Crippen molar-refractivity contribution in [1.82, 2.24) is 0 Å². The molecule has 57 valence electrons. The van der Waals surface area contributed by atoms with Gasteiger partial charge in [-0.2, -0.15) is 0 Å². The average molecular weight is 147 g/mol. The van der Waals surface area contributed by atoms with Crippen LogP contribution >= 0.6 is 0 Å². The van der Waals surface area contributed by atoms with Crippen LogP contribution in [0.4, 0.5) is 0 Å². The second-order valence-electron chi connectivity index (χ2n) is 1.53. The fraction of sp³-hybridized carbons (Fsp3) is 0.600. The maximum atomic E-state index is 10.3. The molecule has 0 aliphatic heterocycles. The number of ether oxygens (including phenoxy) is 1. The van der Waals surface area contributed by atoms with Gasteiger partial charge in [0.1, 0.15) is 0 Å². The van der Waals surface area contributed by atoms with Gasteiger partial charge in [-0.1, -0.05) is 0 Å². The van der Waals surface area contributed by atoms with Gasteiger partial charge >= 0.3 is 5.97 Å². The van der Waals surface area contributed by atoms with E-state index in [4.69, 9.17) is 10.2 Å². The number of hydrogen-bond acceptors (Lipinski definition) is 5. The van der Waals surface area contributed by atoms with Crippen LogP contribution in [0.25, 0.3) is 0 Å². The van der Waals surface area contributed by atoms with Gasteiger partial charge in [-0.15, -0.1) is 0 Å². The summed E-state index contributed by atoms with van der Waals surface area (Å²) in [6.07, 6.45) is -2.62. The van der Waals surface area contributed by atoms with Crippen molar-refractivity contribution in [2.75, 3.05) is 7.11 Å². The molecular formula is C5H7O5. The Hall–Kier alpha value is -0.940. The minimum Gasteiger partial charge on any atom is -0.467 e. The molecule has 0 aliphatic rings. The molecule has 2 unspecified atom stereocenters. The van der Waals surface area contributed by atoms with E-state index >= 15 is 0 Å². The first-order valence-corrected chi connectivity index (χ1v) is 2.45. The number of methoxy groups -OCH3 is 1. The number of esters is 1. The van der Waals surface area contributed by atoms with E-state index in [1.54, 1.807) is 0 Å².